The number of hydrogen-bond acceptors (Lipinski definition) is 4. The van der Waals surface area contributed by atoms with Gasteiger partial charge in [0.05, 0.1) is 13.2 Å². The van der Waals surface area contributed by atoms with Crippen molar-refractivity contribution in [3.05, 3.63) is 24.3 Å². The average Bonchev–Trinajstić information content (AvgIpc) is 2.44. The summed E-state index contributed by atoms with van der Waals surface area (Å²) in [6.45, 7) is 7.01. The quantitative estimate of drug-likeness (QED) is 0.880. The van der Waals surface area contributed by atoms with Crippen LogP contribution in [0.4, 0.5) is 5.69 Å². The topological polar surface area (TPSA) is 44.8 Å². The molecule has 5 heteroatoms. The zero-order valence-corrected chi connectivity index (χ0v) is 12.3. The molecule has 2 rings (SSSR count). The van der Waals surface area contributed by atoms with Gasteiger partial charge in [-0.15, -0.1) is 0 Å². The lowest BCUT2D eigenvalue weighted by atomic mass is 10.3. The van der Waals surface area contributed by atoms with Crippen LogP contribution < -0.4 is 10.1 Å². The molecule has 1 aliphatic heterocycles. The average molecular weight is 277 g/mol. The van der Waals surface area contributed by atoms with Crippen LogP contribution in [0.25, 0.3) is 0 Å². The Morgan fingerprint density at radius 2 is 1.85 bits per heavy atom. The summed E-state index contributed by atoms with van der Waals surface area (Å²) < 4.78 is 5.37. The lowest BCUT2D eigenvalue weighted by molar-refractivity contribution is -0.117. The molecule has 0 bridgehead atoms. The lowest BCUT2D eigenvalue weighted by Gasteiger charge is -2.31. The van der Waals surface area contributed by atoms with E-state index in [1.165, 1.54) is 0 Å². The van der Waals surface area contributed by atoms with Crippen molar-refractivity contribution in [2.24, 2.45) is 0 Å². The van der Waals surface area contributed by atoms with Crippen LogP contribution in [-0.4, -0.2) is 62.1 Å². The number of benzene rings is 1. The number of likely N-dealkylation sites (N-methyl/N-ethyl adjacent to an activating group) is 1. The van der Waals surface area contributed by atoms with Gasteiger partial charge in [-0.1, -0.05) is 0 Å². The Morgan fingerprint density at radius 3 is 2.45 bits per heavy atom. The van der Waals surface area contributed by atoms with E-state index in [1.807, 2.05) is 31.2 Å². The van der Waals surface area contributed by atoms with Crippen LogP contribution >= 0.6 is 0 Å². The number of nitrogens with one attached hydrogen (secondary N) is 1. The number of ether oxygens (including phenoxy) is 1. The van der Waals surface area contributed by atoms with Crippen LogP contribution in [0, 0.1) is 0 Å². The van der Waals surface area contributed by atoms with Gasteiger partial charge in [-0.05, 0) is 38.2 Å². The molecule has 0 atom stereocenters. The number of carbonyl (C=O) groups excluding carboxylic acids is 1. The molecule has 20 heavy (non-hydrogen) atoms. The monoisotopic (exact) mass is 277 g/mol. The molecule has 1 fully saturated rings. The highest BCUT2D eigenvalue weighted by molar-refractivity contribution is 5.92. The van der Waals surface area contributed by atoms with E-state index in [2.05, 4.69) is 22.2 Å². The van der Waals surface area contributed by atoms with Gasteiger partial charge in [0.25, 0.3) is 0 Å². The van der Waals surface area contributed by atoms with E-state index in [4.69, 9.17) is 4.74 Å². The second-order valence-electron chi connectivity index (χ2n) is 5.08. The number of amides is 1. The molecule has 0 radical (unpaired) electrons. The van der Waals surface area contributed by atoms with E-state index in [-0.39, 0.29) is 5.91 Å². The normalized spacial score (nSPS) is 16.9. The van der Waals surface area contributed by atoms with Gasteiger partial charge in [-0.25, -0.2) is 0 Å². The molecule has 1 aromatic rings. The molecular weight excluding hydrogens is 254 g/mol. The fourth-order valence-corrected chi connectivity index (χ4v) is 2.21. The number of nitrogens with zero attached hydrogens (tertiary/aromatic N) is 2. The number of rotatable bonds is 5. The molecule has 110 valence electrons. The summed E-state index contributed by atoms with van der Waals surface area (Å²) in [7, 11) is 2.11. The molecule has 1 aromatic carbocycles. The minimum Gasteiger partial charge on any atom is -0.494 e. The van der Waals surface area contributed by atoms with Gasteiger partial charge in [-0.2, -0.15) is 0 Å². The van der Waals surface area contributed by atoms with Gasteiger partial charge in [0.2, 0.25) is 5.91 Å². The summed E-state index contributed by atoms with van der Waals surface area (Å²) in [5.74, 6) is 0.864. The van der Waals surface area contributed by atoms with Crippen molar-refractivity contribution >= 4 is 11.6 Å². The Bertz CT molecular complexity index is 425. The number of anilines is 1. The Hall–Kier alpha value is -1.59. The van der Waals surface area contributed by atoms with Gasteiger partial charge in [0.1, 0.15) is 5.75 Å². The fraction of sp³-hybridized carbons (Fsp3) is 0.533. The molecule has 1 saturated heterocycles. The van der Waals surface area contributed by atoms with Crippen molar-refractivity contribution in [1.29, 1.82) is 0 Å². The second kappa shape index (κ2) is 7.26. The van der Waals surface area contributed by atoms with Gasteiger partial charge >= 0.3 is 0 Å². The summed E-state index contributed by atoms with van der Waals surface area (Å²) in [6.07, 6.45) is 0. The fourth-order valence-electron chi connectivity index (χ4n) is 2.21. The van der Waals surface area contributed by atoms with Crippen LogP contribution in [0.2, 0.25) is 0 Å². The van der Waals surface area contributed by atoms with E-state index in [9.17, 15) is 4.79 Å². The summed E-state index contributed by atoms with van der Waals surface area (Å²) in [5.41, 5.74) is 0.813. The first-order valence-electron chi connectivity index (χ1n) is 7.11. The highest BCUT2D eigenvalue weighted by atomic mass is 16.5. The molecule has 1 heterocycles. The molecule has 0 spiro atoms. The summed E-state index contributed by atoms with van der Waals surface area (Å²) in [4.78, 5) is 16.4. The lowest BCUT2D eigenvalue weighted by Crippen LogP contribution is -2.47. The smallest absolute Gasteiger partial charge is 0.238 e. The number of carbonyl (C=O) groups is 1. The summed E-state index contributed by atoms with van der Waals surface area (Å²) in [5, 5.41) is 2.92. The van der Waals surface area contributed by atoms with Crippen molar-refractivity contribution in [3.8, 4) is 5.75 Å². The molecular formula is C15H23N3O2. The molecule has 5 nitrogen and oxygen atoms in total. The van der Waals surface area contributed by atoms with Crippen molar-refractivity contribution in [3.63, 3.8) is 0 Å². The number of hydrogen-bond donors (Lipinski definition) is 1. The van der Waals surface area contributed by atoms with Crippen LogP contribution in [0.3, 0.4) is 0 Å². The van der Waals surface area contributed by atoms with Crippen LogP contribution in [-0.2, 0) is 4.79 Å². The Labute approximate surface area is 120 Å². The predicted molar refractivity (Wildman–Crippen MR) is 80.2 cm³/mol. The minimum atomic E-state index is 0.0405. The Kier molecular flexibility index (Phi) is 5.38. The minimum absolute atomic E-state index is 0.0405. The highest BCUT2D eigenvalue weighted by Gasteiger charge is 2.16. The molecule has 0 aromatic heterocycles. The number of piperazine rings is 1. The Morgan fingerprint density at radius 1 is 1.20 bits per heavy atom. The van der Waals surface area contributed by atoms with E-state index >= 15 is 0 Å². The highest BCUT2D eigenvalue weighted by Crippen LogP contribution is 2.15. The zero-order chi connectivity index (χ0) is 14.4. The third-order valence-electron chi connectivity index (χ3n) is 3.41. The Balaban J connectivity index is 1.79. The molecule has 1 aliphatic rings. The molecule has 1 amide bonds. The first kappa shape index (κ1) is 14.8. The molecule has 0 saturated carbocycles. The maximum absolute atomic E-state index is 12.0. The van der Waals surface area contributed by atoms with E-state index in [0.29, 0.717) is 13.2 Å². The largest absolute Gasteiger partial charge is 0.494 e. The van der Waals surface area contributed by atoms with Gasteiger partial charge in [-0.3, -0.25) is 9.69 Å². The molecule has 1 N–H and O–H groups in total. The maximum Gasteiger partial charge on any atom is 0.238 e. The first-order chi connectivity index (χ1) is 9.67. The van der Waals surface area contributed by atoms with E-state index in [1.54, 1.807) is 0 Å². The van der Waals surface area contributed by atoms with Crippen LogP contribution in [0.5, 0.6) is 5.75 Å². The predicted octanol–water partition coefficient (Wildman–Crippen LogP) is 1.27. The van der Waals surface area contributed by atoms with Crippen LogP contribution in [0.1, 0.15) is 6.92 Å². The summed E-state index contributed by atoms with van der Waals surface area (Å²) in [6, 6.07) is 7.48. The van der Waals surface area contributed by atoms with Crippen LogP contribution in [0.15, 0.2) is 24.3 Å². The SMILES string of the molecule is CCOc1ccc(NC(=O)CN2CCN(C)CC2)cc1. The van der Waals surface area contributed by atoms with Gasteiger partial charge in [0.15, 0.2) is 0 Å². The first-order valence-corrected chi connectivity index (χ1v) is 7.11. The molecule has 0 aliphatic carbocycles. The van der Waals surface area contributed by atoms with Crippen molar-refractivity contribution in [2.75, 3.05) is 51.7 Å². The molecule has 0 unspecified atom stereocenters. The zero-order valence-electron chi connectivity index (χ0n) is 12.3. The van der Waals surface area contributed by atoms with Crippen molar-refractivity contribution in [2.45, 2.75) is 6.92 Å². The summed E-state index contributed by atoms with van der Waals surface area (Å²) >= 11 is 0. The van der Waals surface area contributed by atoms with E-state index < -0.39 is 0 Å². The van der Waals surface area contributed by atoms with Gasteiger partial charge < -0.3 is 15.0 Å². The van der Waals surface area contributed by atoms with E-state index in [0.717, 1.165) is 37.6 Å². The van der Waals surface area contributed by atoms with Gasteiger partial charge in [0, 0.05) is 31.9 Å². The standard InChI is InChI=1S/C15H23N3O2/c1-3-20-14-6-4-13(5-7-14)16-15(19)12-18-10-8-17(2)9-11-18/h4-7H,3,8-12H2,1-2H3,(H,16,19). The second-order valence-corrected chi connectivity index (χ2v) is 5.08. The van der Waals surface area contributed by atoms with Crippen molar-refractivity contribution in [1.82, 2.24) is 9.80 Å². The van der Waals surface area contributed by atoms with Crippen molar-refractivity contribution < 1.29 is 9.53 Å². The third kappa shape index (κ3) is 4.51. The third-order valence-corrected chi connectivity index (χ3v) is 3.41. The maximum atomic E-state index is 12.0.